The molecule has 4 rings (SSSR count). The van der Waals surface area contributed by atoms with Crippen molar-refractivity contribution in [2.24, 2.45) is 0 Å². The predicted octanol–water partition coefficient (Wildman–Crippen LogP) is 3.43. The summed E-state index contributed by atoms with van der Waals surface area (Å²) >= 11 is 3.35. The lowest BCUT2D eigenvalue weighted by Crippen LogP contribution is -2.19. The van der Waals surface area contributed by atoms with E-state index in [1.54, 1.807) is 17.0 Å². The summed E-state index contributed by atoms with van der Waals surface area (Å²) < 4.78 is 8.33. The Labute approximate surface area is 166 Å². The number of aromatic nitrogens is 2. The minimum Gasteiger partial charge on any atom is -0.487 e. The van der Waals surface area contributed by atoms with Gasteiger partial charge < -0.3 is 14.6 Å². The Morgan fingerprint density at radius 1 is 1.11 bits per heavy atom. The number of aryl methyl sites for hydroxylation is 2. The molecule has 1 N–H and O–H groups in total. The maximum atomic E-state index is 12.4. The van der Waals surface area contributed by atoms with Crippen LogP contribution in [0.25, 0.3) is 0 Å². The zero-order chi connectivity index (χ0) is 18.6. The number of hydrogen-bond donors (Lipinski definition) is 1. The van der Waals surface area contributed by atoms with Gasteiger partial charge in [-0.1, -0.05) is 18.2 Å². The molecule has 0 spiro atoms. The van der Waals surface area contributed by atoms with E-state index >= 15 is 0 Å². The Hall–Kier alpha value is -2.44. The maximum Gasteiger partial charge on any atom is 0.254 e. The van der Waals surface area contributed by atoms with Crippen molar-refractivity contribution < 1.29 is 4.74 Å². The van der Waals surface area contributed by atoms with E-state index in [2.05, 4.69) is 44.4 Å². The van der Waals surface area contributed by atoms with Gasteiger partial charge in [0.25, 0.3) is 5.56 Å². The van der Waals surface area contributed by atoms with Crippen LogP contribution in [0, 0.1) is 0 Å². The minimum atomic E-state index is -0.0564. The van der Waals surface area contributed by atoms with Crippen molar-refractivity contribution in [3.05, 3.63) is 92.1 Å². The van der Waals surface area contributed by atoms with Gasteiger partial charge in [0.2, 0.25) is 0 Å². The van der Waals surface area contributed by atoms with Crippen molar-refractivity contribution in [3.63, 3.8) is 0 Å². The normalized spacial score (nSPS) is 12.8. The summed E-state index contributed by atoms with van der Waals surface area (Å²) in [6.45, 7) is 2.87. The fourth-order valence-electron chi connectivity index (χ4n) is 3.17. The number of ether oxygens (including phenoxy) is 1. The van der Waals surface area contributed by atoms with E-state index in [9.17, 15) is 4.79 Å². The lowest BCUT2D eigenvalue weighted by molar-refractivity contribution is 0.300. The van der Waals surface area contributed by atoms with Crippen molar-refractivity contribution >= 4 is 15.9 Å². The summed E-state index contributed by atoms with van der Waals surface area (Å²) in [5.41, 5.74) is 4.75. The molecule has 0 saturated heterocycles. The lowest BCUT2D eigenvalue weighted by Gasteiger charge is -2.09. The quantitative estimate of drug-likeness (QED) is 0.657. The van der Waals surface area contributed by atoms with Crippen LogP contribution in [-0.4, -0.2) is 9.55 Å². The van der Waals surface area contributed by atoms with Crippen LogP contribution >= 0.6 is 15.9 Å². The lowest BCUT2D eigenvalue weighted by atomic mass is 10.0. The molecule has 6 heteroatoms. The molecule has 0 bridgehead atoms. The first-order valence-corrected chi connectivity index (χ1v) is 9.72. The first-order chi connectivity index (χ1) is 13.2. The van der Waals surface area contributed by atoms with E-state index in [0.29, 0.717) is 18.9 Å². The van der Waals surface area contributed by atoms with Gasteiger partial charge in [0.15, 0.2) is 0 Å². The van der Waals surface area contributed by atoms with E-state index < -0.39 is 0 Å². The van der Waals surface area contributed by atoms with Crippen LogP contribution < -0.4 is 15.6 Å². The van der Waals surface area contributed by atoms with Crippen LogP contribution in [0.3, 0.4) is 0 Å². The van der Waals surface area contributed by atoms with Gasteiger partial charge in [-0.05, 0) is 57.2 Å². The van der Waals surface area contributed by atoms with E-state index in [1.807, 2.05) is 18.2 Å². The fourth-order valence-corrected chi connectivity index (χ4v) is 3.40. The molecule has 0 aliphatic carbocycles. The Morgan fingerprint density at radius 3 is 2.81 bits per heavy atom. The van der Waals surface area contributed by atoms with Gasteiger partial charge >= 0.3 is 0 Å². The van der Waals surface area contributed by atoms with Gasteiger partial charge in [0.05, 0.1) is 5.69 Å². The largest absolute Gasteiger partial charge is 0.487 e. The minimum absolute atomic E-state index is 0.0564. The number of halogens is 1. The summed E-state index contributed by atoms with van der Waals surface area (Å²) in [4.78, 5) is 16.6. The molecule has 138 valence electrons. The third kappa shape index (κ3) is 4.46. The Morgan fingerprint density at radius 2 is 2.00 bits per heavy atom. The Bertz CT molecular complexity index is 999. The topological polar surface area (TPSA) is 56.1 Å². The molecule has 5 nitrogen and oxygen atoms in total. The second-order valence-electron chi connectivity index (χ2n) is 6.61. The summed E-state index contributed by atoms with van der Waals surface area (Å²) in [6, 6.07) is 13.7. The summed E-state index contributed by atoms with van der Waals surface area (Å²) in [6.07, 6.45) is 4.35. The fraction of sp³-hybridized carbons (Fsp3) is 0.238. The molecular formula is C21H20BrN3O2. The van der Waals surface area contributed by atoms with Gasteiger partial charge in [-0.15, -0.1) is 0 Å². The second-order valence-corrected chi connectivity index (χ2v) is 7.52. The van der Waals surface area contributed by atoms with Crippen LogP contribution in [0.4, 0.5) is 0 Å². The predicted molar refractivity (Wildman–Crippen MR) is 108 cm³/mol. The van der Waals surface area contributed by atoms with E-state index in [0.717, 1.165) is 29.7 Å². The molecule has 0 amide bonds. The highest BCUT2D eigenvalue weighted by molar-refractivity contribution is 9.10. The number of benzene rings is 1. The first kappa shape index (κ1) is 17.9. The zero-order valence-electron chi connectivity index (χ0n) is 14.8. The average molecular weight is 426 g/mol. The van der Waals surface area contributed by atoms with Gasteiger partial charge in [-0.2, -0.15) is 0 Å². The van der Waals surface area contributed by atoms with Crippen LogP contribution in [0.5, 0.6) is 5.75 Å². The van der Waals surface area contributed by atoms with Crippen molar-refractivity contribution in [2.75, 3.05) is 0 Å². The number of hydrogen-bond acceptors (Lipinski definition) is 4. The molecule has 1 aromatic carbocycles. The summed E-state index contributed by atoms with van der Waals surface area (Å²) in [5, 5.41) is 3.35. The molecule has 0 atom stereocenters. The van der Waals surface area contributed by atoms with E-state index in [1.165, 1.54) is 22.8 Å². The molecule has 3 heterocycles. The second kappa shape index (κ2) is 8.06. The van der Waals surface area contributed by atoms with Gasteiger partial charge in [0, 0.05) is 42.6 Å². The SMILES string of the molecule is O=c1cc(OCc2ccc(Br)cn2)ccn1CCc1ccc2c(c1)CNC2. The molecule has 0 radical (unpaired) electrons. The smallest absolute Gasteiger partial charge is 0.254 e. The molecular weight excluding hydrogens is 406 g/mol. The molecule has 1 aliphatic rings. The third-order valence-corrected chi connectivity index (χ3v) is 5.15. The zero-order valence-corrected chi connectivity index (χ0v) is 16.4. The molecule has 0 unspecified atom stereocenters. The Balaban J connectivity index is 1.36. The summed E-state index contributed by atoms with van der Waals surface area (Å²) in [5.74, 6) is 0.560. The van der Waals surface area contributed by atoms with Crippen molar-refractivity contribution in [1.82, 2.24) is 14.9 Å². The average Bonchev–Trinajstić information content (AvgIpc) is 3.14. The van der Waals surface area contributed by atoms with E-state index in [-0.39, 0.29) is 5.56 Å². The van der Waals surface area contributed by atoms with Crippen LogP contribution in [-0.2, 0) is 32.7 Å². The number of nitrogens with zero attached hydrogens (tertiary/aromatic N) is 2. The molecule has 0 saturated carbocycles. The van der Waals surface area contributed by atoms with Crippen LogP contribution in [0.15, 0.2) is 64.1 Å². The van der Waals surface area contributed by atoms with Crippen molar-refractivity contribution in [2.45, 2.75) is 32.7 Å². The summed E-state index contributed by atoms with van der Waals surface area (Å²) in [7, 11) is 0. The van der Waals surface area contributed by atoms with Crippen LogP contribution in [0.1, 0.15) is 22.4 Å². The molecule has 1 aliphatic heterocycles. The van der Waals surface area contributed by atoms with Gasteiger partial charge in [-0.25, -0.2) is 0 Å². The number of fused-ring (bicyclic) bond motifs is 1. The molecule has 2 aromatic heterocycles. The van der Waals surface area contributed by atoms with Crippen LogP contribution in [0.2, 0.25) is 0 Å². The highest BCUT2D eigenvalue weighted by Crippen LogP contribution is 2.18. The third-order valence-electron chi connectivity index (χ3n) is 4.69. The Kier molecular flexibility index (Phi) is 5.36. The van der Waals surface area contributed by atoms with E-state index in [4.69, 9.17) is 4.74 Å². The highest BCUT2D eigenvalue weighted by Gasteiger charge is 2.10. The standard InChI is InChI=1S/C21H20BrN3O2/c22-18-3-4-19(24-13-18)14-27-20-6-8-25(21(26)10-20)7-5-15-1-2-16-11-23-12-17(16)9-15/h1-4,6,8-10,13,23H,5,7,11-12,14H2. The molecule has 27 heavy (non-hydrogen) atoms. The van der Waals surface area contributed by atoms with Crippen molar-refractivity contribution in [1.29, 1.82) is 0 Å². The maximum absolute atomic E-state index is 12.4. The molecule has 3 aromatic rings. The van der Waals surface area contributed by atoms with Crippen molar-refractivity contribution in [3.8, 4) is 5.75 Å². The first-order valence-electron chi connectivity index (χ1n) is 8.92. The highest BCUT2D eigenvalue weighted by atomic mass is 79.9. The number of nitrogens with one attached hydrogen (secondary N) is 1. The van der Waals surface area contributed by atoms with Gasteiger partial charge in [-0.3, -0.25) is 9.78 Å². The molecule has 0 fully saturated rings. The monoisotopic (exact) mass is 425 g/mol. The number of pyridine rings is 2. The van der Waals surface area contributed by atoms with Gasteiger partial charge in [0.1, 0.15) is 12.4 Å². The number of rotatable bonds is 6.